The van der Waals surface area contributed by atoms with Crippen LogP contribution in [0.5, 0.6) is 0 Å². The molecule has 1 aromatic carbocycles. The van der Waals surface area contributed by atoms with Crippen molar-refractivity contribution >= 4 is 0 Å². The van der Waals surface area contributed by atoms with Gasteiger partial charge in [0, 0.05) is 18.9 Å². The summed E-state index contributed by atoms with van der Waals surface area (Å²) in [5.41, 5.74) is 0.890. The average molecular weight is 247 g/mol. The normalized spacial score (nSPS) is 12.6. The monoisotopic (exact) mass is 247 g/mol. The van der Waals surface area contributed by atoms with E-state index in [-0.39, 0.29) is 11.9 Å². The van der Waals surface area contributed by atoms with Crippen molar-refractivity contribution in [2.45, 2.75) is 25.9 Å². The van der Waals surface area contributed by atoms with Gasteiger partial charge in [0.05, 0.1) is 6.04 Å². The Morgan fingerprint density at radius 1 is 1.44 bits per heavy atom. The molecule has 96 valence electrons. The summed E-state index contributed by atoms with van der Waals surface area (Å²) in [7, 11) is 1.86. The lowest BCUT2D eigenvalue weighted by molar-refractivity contribution is 0.562. The lowest BCUT2D eigenvalue weighted by Gasteiger charge is -2.18. The minimum Gasteiger partial charge on any atom is -0.333 e. The number of nitrogens with one attached hydrogen (secondary N) is 1. The molecule has 1 aromatic heterocycles. The molecule has 0 spiro atoms. The highest BCUT2D eigenvalue weighted by Crippen LogP contribution is 2.21. The van der Waals surface area contributed by atoms with Crippen molar-refractivity contribution in [2.24, 2.45) is 0 Å². The van der Waals surface area contributed by atoms with Crippen LogP contribution in [0.1, 0.15) is 30.8 Å². The third kappa shape index (κ3) is 2.59. The van der Waals surface area contributed by atoms with Gasteiger partial charge in [-0.25, -0.2) is 9.37 Å². The smallest absolute Gasteiger partial charge is 0.130 e. The first-order chi connectivity index (χ1) is 8.76. The van der Waals surface area contributed by atoms with Crippen molar-refractivity contribution in [3.8, 4) is 0 Å². The molecule has 0 aliphatic heterocycles. The third-order valence-corrected chi connectivity index (χ3v) is 2.94. The van der Waals surface area contributed by atoms with Crippen molar-refractivity contribution in [1.29, 1.82) is 0 Å². The summed E-state index contributed by atoms with van der Waals surface area (Å²) in [5.74, 6) is 0.700. The number of halogens is 1. The molecule has 0 amide bonds. The molecule has 2 rings (SSSR count). The number of rotatable bonds is 5. The number of hydrogen-bond donors (Lipinski definition) is 1. The second kappa shape index (κ2) is 5.78. The highest BCUT2D eigenvalue weighted by atomic mass is 19.1. The molecule has 2 aromatic rings. The van der Waals surface area contributed by atoms with Gasteiger partial charge in [0.25, 0.3) is 0 Å². The number of benzene rings is 1. The van der Waals surface area contributed by atoms with Crippen molar-refractivity contribution < 1.29 is 4.39 Å². The highest BCUT2D eigenvalue weighted by molar-refractivity contribution is 5.25. The summed E-state index contributed by atoms with van der Waals surface area (Å²) >= 11 is 0. The van der Waals surface area contributed by atoms with Crippen molar-refractivity contribution in [3.63, 3.8) is 0 Å². The summed E-state index contributed by atoms with van der Waals surface area (Å²) in [5, 5.41) is 3.20. The van der Waals surface area contributed by atoms with Crippen LogP contribution in [0.25, 0.3) is 0 Å². The van der Waals surface area contributed by atoms with E-state index >= 15 is 0 Å². The molecule has 1 heterocycles. The molecular formula is C14H18FN3. The minimum atomic E-state index is -0.221. The van der Waals surface area contributed by atoms with E-state index in [1.165, 1.54) is 6.07 Å². The zero-order chi connectivity index (χ0) is 13.0. The third-order valence-electron chi connectivity index (χ3n) is 2.94. The maximum Gasteiger partial charge on any atom is 0.130 e. The fourth-order valence-corrected chi connectivity index (χ4v) is 2.14. The molecule has 0 radical (unpaired) electrons. The van der Waals surface area contributed by atoms with Gasteiger partial charge in [-0.3, -0.25) is 0 Å². The molecular weight excluding hydrogens is 229 g/mol. The lowest BCUT2D eigenvalue weighted by atomic mass is 10.1. The minimum absolute atomic E-state index is 0.0813. The predicted octanol–water partition coefficient (Wildman–Crippen LogP) is 2.74. The van der Waals surface area contributed by atoms with Gasteiger partial charge < -0.3 is 9.88 Å². The Morgan fingerprint density at radius 3 is 2.94 bits per heavy atom. The Balaban J connectivity index is 2.36. The standard InChI is InChI=1S/C14H18FN3/c1-3-8-18-9-7-17-14(18)13(16-2)11-5-4-6-12(15)10-11/h4-7,9-10,13,16H,3,8H2,1-2H3. The summed E-state index contributed by atoms with van der Waals surface area (Å²) in [4.78, 5) is 4.39. The van der Waals surface area contributed by atoms with Crippen LogP contribution >= 0.6 is 0 Å². The van der Waals surface area contributed by atoms with E-state index < -0.39 is 0 Å². The van der Waals surface area contributed by atoms with E-state index in [2.05, 4.69) is 21.8 Å². The zero-order valence-electron chi connectivity index (χ0n) is 10.7. The van der Waals surface area contributed by atoms with Crippen molar-refractivity contribution in [2.75, 3.05) is 7.05 Å². The summed E-state index contributed by atoms with van der Waals surface area (Å²) < 4.78 is 15.4. The van der Waals surface area contributed by atoms with Gasteiger partial charge in [-0.05, 0) is 31.2 Å². The van der Waals surface area contributed by atoms with Crippen LogP contribution in [0.2, 0.25) is 0 Å². The van der Waals surface area contributed by atoms with Crippen LogP contribution in [0.15, 0.2) is 36.7 Å². The fraction of sp³-hybridized carbons (Fsp3) is 0.357. The Kier molecular flexibility index (Phi) is 4.10. The van der Waals surface area contributed by atoms with Gasteiger partial charge >= 0.3 is 0 Å². The van der Waals surface area contributed by atoms with Gasteiger partial charge in [0.1, 0.15) is 11.6 Å². The molecule has 18 heavy (non-hydrogen) atoms. The van der Waals surface area contributed by atoms with Crippen LogP contribution in [-0.4, -0.2) is 16.6 Å². The molecule has 0 saturated heterocycles. The Labute approximate surface area is 107 Å². The molecule has 0 saturated carbocycles. The highest BCUT2D eigenvalue weighted by Gasteiger charge is 2.17. The van der Waals surface area contributed by atoms with E-state index in [1.54, 1.807) is 18.3 Å². The number of imidazole rings is 1. The van der Waals surface area contributed by atoms with E-state index in [0.717, 1.165) is 24.4 Å². The van der Waals surface area contributed by atoms with E-state index in [1.807, 2.05) is 19.3 Å². The molecule has 1 atom stereocenters. The van der Waals surface area contributed by atoms with Gasteiger partial charge in [-0.2, -0.15) is 0 Å². The van der Waals surface area contributed by atoms with E-state index in [0.29, 0.717) is 0 Å². The van der Waals surface area contributed by atoms with Crippen LogP contribution < -0.4 is 5.32 Å². The van der Waals surface area contributed by atoms with Crippen LogP contribution in [0.3, 0.4) is 0 Å². The van der Waals surface area contributed by atoms with Gasteiger partial charge in [-0.1, -0.05) is 19.1 Å². The topological polar surface area (TPSA) is 29.9 Å². The molecule has 0 aliphatic carbocycles. The Morgan fingerprint density at radius 2 is 2.28 bits per heavy atom. The van der Waals surface area contributed by atoms with Crippen LogP contribution in [0.4, 0.5) is 4.39 Å². The first-order valence-electron chi connectivity index (χ1n) is 6.20. The molecule has 0 fully saturated rings. The Bertz CT molecular complexity index is 507. The first-order valence-corrected chi connectivity index (χ1v) is 6.20. The van der Waals surface area contributed by atoms with Gasteiger partial charge in [-0.15, -0.1) is 0 Å². The van der Waals surface area contributed by atoms with Crippen molar-refractivity contribution in [3.05, 3.63) is 53.9 Å². The molecule has 4 heteroatoms. The fourth-order valence-electron chi connectivity index (χ4n) is 2.14. The summed E-state index contributed by atoms with van der Waals surface area (Å²) in [6.45, 7) is 3.04. The molecule has 3 nitrogen and oxygen atoms in total. The van der Waals surface area contributed by atoms with Crippen LogP contribution in [-0.2, 0) is 6.54 Å². The van der Waals surface area contributed by atoms with Crippen molar-refractivity contribution in [1.82, 2.24) is 14.9 Å². The maximum absolute atomic E-state index is 13.3. The molecule has 1 unspecified atom stereocenters. The predicted molar refractivity (Wildman–Crippen MR) is 69.8 cm³/mol. The number of aryl methyl sites for hydroxylation is 1. The van der Waals surface area contributed by atoms with Gasteiger partial charge in [0.15, 0.2) is 0 Å². The van der Waals surface area contributed by atoms with E-state index in [4.69, 9.17) is 0 Å². The van der Waals surface area contributed by atoms with E-state index in [9.17, 15) is 4.39 Å². The number of aromatic nitrogens is 2. The zero-order valence-corrected chi connectivity index (χ0v) is 10.7. The molecule has 1 N–H and O–H groups in total. The largest absolute Gasteiger partial charge is 0.333 e. The summed E-state index contributed by atoms with van der Waals surface area (Å²) in [6, 6.07) is 6.56. The first kappa shape index (κ1) is 12.8. The van der Waals surface area contributed by atoms with Crippen LogP contribution in [0, 0.1) is 5.82 Å². The second-order valence-corrected chi connectivity index (χ2v) is 4.26. The second-order valence-electron chi connectivity index (χ2n) is 4.26. The molecule has 0 bridgehead atoms. The number of hydrogen-bond acceptors (Lipinski definition) is 2. The SMILES string of the molecule is CCCn1ccnc1C(NC)c1cccc(F)c1. The number of nitrogens with zero attached hydrogens (tertiary/aromatic N) is 2. The molecule has 0 aliphatic rings. The summed E-state index contributed by atoms with van der Waals surface area (Å²) in [6.07, 6.45) is 4.79. The lowest BCUT2D eigenvalue weighted by Crippen LogP contribution is -2.22. The maximum atomic E-state index is 13.3. The average Bonchev–Trinajstić information content (AvgIpc) is 2.79. The van der Waals surface area contributed by atoms with Gasteiger partial charge in [0.2, 0.25) is 0 Å². The quantitative estimate of drug-likeness (QED) is 0.880. The Hall–Kier alpha value is -1.68.